The van der Waals surface area contributed by atoms with Crippen molar-refractivity contribution in [2.24, 2.45) is 10.8 Å². The molecule has 0 aromatic rings. The highest BCUT2D eigenvalue weighted by molar-refractivity contribution is 5.83. The number of carbonyl (C=O) groups is 2. The zero-order chi connectivity index (χ0) is 14.8. The second-order valence-corrected chi connectivity index (χ2v) is 7.32. The van der Waals surface area contributed by atoms with Gasteiger partial charge >= 0.3 is 0 Å². The smallest absolute Gasteiger partial charge is 0.225 e. The van der Waals surface area contributed by atoms with Gasteiger partial charge in [0.1, 0.15) is 0 Å². The van der Waals surface area contributed by atoms with Gasteiger partial charge in [-0.2, -0.15) is 0 Å². The van der Waals surface area contributed by atoms with Crippen LogP contribution in [0, 0.1) is 10.8 Å². The molecular formula is C14H27N3O2. The average molecular weight is 269 g/mol. The number of hydrogen-bond donors (Lipinski definition) is 3. The molecule has 19 heavy (non-hydrogen) atoms. The standard InChI is InChI=1S/C14H27N3O2/c1-13(2,3)11(18)16-9-7-15-8-10(9)17-12(19)14(4,5)6/h9-10,15H,7-8H2,1-6H3,(H,16,18)(H,17,19)/t9-,10+. The molecule has 110 valence electrons. The molecule has 5 nitrogen and oxygen atoms in total. The molecule has 0 aromatic heterocycles. The molecule has 5 heteroatoms. The predicted molar refractivity (Wildman–Crippen MR) is 75.6 cm³/mol. The average Bonchev–Trinajstić information content (AvgIpc) is 2.62. The van der Waals surface area contributed by atoms with Gasteiger partial charge in [0.2, 0.25) is 11.8 Å². The van der Waals surface area contributed by atoms with Gasteiger partial charge in [0.15, 0.2) is 0 Å². The topological polar surface area (TPSA) is 70.2 Å². The lowest BCUT2D eigenvalue weighted by Crippen LogP contribution is -2.54. The summed E-state index contributed by atoms with van der Waals surface area (Å²) in [6, 6.07) is -0.0870. The van der Waals surface area contributed by atoms with Gasteiger partial charge in [0.05, 0.1) is 12.1 Å². The summed E-state index contributed by atoms with van der Waals surface area (Å²) in [5.74, 6) is 0.0208. The summed E-state index contributed by atoms with van der Waals surface area (Å²) < 4.78 is 0. The van der Waals surface area contributed by atoms with Crippen LogP contribution in [0.25, 0.3) is 0 Å². The molecule has 0 bridgehead atoms. The molecule has 1 aliphatic rings. The first-order valence-electron chi connectivity index (χ1n) is 6.84. The van der Waals surface area contributed by atoms with Crippen LogP contribution in [0.3, 0.4) is 0 Å². The van der Waals surface area contributed by atoms with E-state index in [-0.39, 0.29) is 23.9 Å². The summed E-state index contributed by atoms with van der Waals surface area (Å²) in [4.78, 5) is 24.0. The first-order chi connectivity index (χ1) is 8.51. The summed E-state index contributed by atoms with van der Waals surface area (Å²) >= 11 is 0. The molecule has 1 heterocycles. The summed E-state index contributed by atoms with van der Waals surface area (Å²) in [6.45, 7) is 12.7. The van der Waals surface area contributed by atoms with Crippen LogP contribution >= 0.6 is 0 Å². The number of rotatable bonds is 2. The number of amides is 2. The third kappa shape index (κ3) is 4.49. The van der Waals surface area contributed by atoms with Gasteiger partial charge < -0.3 is 16.0 Å². The normalized spacial score (nSPS) is 24.1. The van der Waals surface area contributed by atoms with Crippen molar-refractivity contribution in [3.63, 3.8) is 0 Å². The molecule has 1 fully saturated rings. The van der Waals surface area contributed by atoms with Crippen LogP contribution in [0.5, 0.6) is 0 Å². The van der Waals surface area contributed by atoms with Gasteiger partial charge in [-0.25, -0.2) is 0 Å². The second-order valence-electron chi connectivity index (χ2n) is 7.32. The minimum absolute atomic E-state index is 0.0104. The first kappa shape index (κ1) is 16.0. The fourth-order valence-electron chi connectivity index (χ4n) is 1.75. The van der Waals surface area contributed by atoms with E-state index in [1.54, 1.807) is 0 Å². The van der Waals surface area contributed by atoms with E-state index in [1.807, 2.05) is 41.5 Å². The van der Waals surface area contributed by atoms with Crippen molar-refractivity contribution in [2.45, 2.75) is 53.6 Å². The molecule has 2 atom stereocenters. The van der Waals surface area contributed by atoms with Crippen molar-refractivity contribution < 1.29 is 9.59 Å². The Morgan fingerprint density at radius 1 is 0.842 bits per heavy atom. The lowest BCUT2D eigenvalue weighted by molar-refractivity contribution is -0.131. The highest BCUT2D eigenvalue weighted by Gasteiger charge is 2.34. The maximum atomic E-state index is 12.0. The van der Waals surface area contributed by atoms with E-state index in [2.05, 4.69) is 16.0 Å². The molecule has 0 spiro atoms. The zero-order valence-corrected chi connectivity index (χ0v) is 12.9. The van der Waals surface area contributed by atoms with Crippen LogP contribution in [0.4, 0.5) is 0 Å². The molecule has 3 N–H and O–H groups in total. The van der Waals surface area contributed by atoms with Crippen molar-refractivity contribution in [1.82, 2.24) is 16.0 Å². The summed E-state index contributed by atoms with van der Waals surface area (Å²) in [5.41, 5.74) is -0.831. The maximum absolute atomic E-state index is 12.0. The molecule has 0 aliphatic carbocycles. The molecule has 1 aliphatic heterocycles. The third-order valence-electron chi connectivity index (χ3n) is 3.21. The quantitative estimate of drug-likeness (QED) is 0.689. The largest absolute Gasteiger partial charge is 0.350 e. The fraction of sp³-hybridized carbons (Fsp3) is 0.857. The van der Waals surface area contributed by atoms with E-state index >= 15 is 0 Å². The number of carbonyl (C=O) groups excluding carboxylic acids is 2. The van der Waals surface area contributed by atoms with Crippen LogP contribution in [-0.2, 0) is 9.59 Å². The van der Waals surface area contributed by atoms with Crippen molar-refractivity contribution in [1.29, 1.82) is 0 Å². The Hall–Kier alpha value is -1.10. The summed E-state index contributed by atoms with van der Waals surface area (Å²) in [7, 11) is 0. The molecule has 0 aromatic carbocycles. The highest BCUT2D eigenvalue weighted by Crippen LogP contribution is 2.16. The Morgan fingerprint density at radius 2 is 1.16 bits per heavy atom. The van der Waals surface area contributed by atoms with Crippen LogP contribution in [0.2, 0.25) is 0 Å². The van der Waals surface area contributed by atoms with Crippen molar-refractivity contribution in [2.75, 3.05) is 13.1 Å². The van der Waals surface area contributed by atoms with E-state index in [1.165, 1.54) is 0 Å². The zero-order valence-electron chi connectivity index (χ0n) is 12.9. The van der Waals surface area contributed by atoms with E-state index in [0.29, 0.717) is 13.1 Å². The van der Waals surface area contributed by atoms with Gasteiger partial charge in [-0.15, -0.1) is 0 Å². The predicted octanol–water partition coefficient (Wildman–Crippen LogP) is 0.651. The maximum Gasteiger partial charge on any atom is 0.225 e. The van der Waals surface area contributed by atoms with E-state index in [9.17, 15) is 9.59 Å². The molecule has 1 rings (SSSR count). The lowest BCUT2D eigenvalue weighted by Gasteiger charge is -2.28. The molecule has 0 saturated carbocycles. The van der Waals surface area contributed by atoms with E-state index < -0.39 is 10.8 Å². The lowest BCUT2D eigenvalue weighted by atomic mass is 9.93. The highest BCUT2D eigenvalue weighted by atomic mass is 16.2. The van der Waals surface area contributed by atoms with E-state index in [4.69, 9.17) is 0 Å². The molecule has 0 radical (unpaired) electrons. The van der Waals surface area contributed by atoms with Gasteiger partial charge in [0, 0.05) is 23.9 Å². The van der Waals surface area contributed by atoms with Gasteiger partial charge in [-0.3, -0.25) is 9.59 Å². The van der Waals surface area contributed by atoms with Crippen LogP contribution < -0.4 is 16.0 Å². The van der Waals surface area contributed by atoms with E-state index in [0.717, 1.165) is 0 Å². The minimum Gasteiger partial charge on any atom is -0.350 e. The SMILES string of the molecule is CC(C)(C)C(=O)N[C@H]1CNC[C@H]1NC(=O)C(C)(C)C. The van der Waals surface area contributed by atoms with Crippen molar-refractivity contribution in [3.05, 3.63) is 0 Å². The van der Waals surface area contributed by atoms with Crippen molar-refractivity contribution in [3.8, 4) is 0 Å². The first-order valence-corrected chi connectivity index (χ1v) is 6.84. The van der Waals surface area contributed by atoms with Crippen LogP contribution in [0.1, 0.15) is 41.5 Å². The van der Waals surface area contributed by atoms with Gasteiger partial charge in [0.25, 0.3) is 0 Å². The molecule has 2 amide bonds. The Balaban J connectivity index is 2.60. The number of hydrogen-bond acceptors (Lipinski definition) is 3. The minimum atomic E-state index is -0.415. The summed E-state index contributed by atoms with van der Waals surface area (Å²) in [5, 5.41) is 9.23. The molecule has 1 saturated heterocycles. The summed E-state index contributed by atoms with van der Waals surface area (Å²) in [6.07, 6.45) is 0. The second kappa shape index (κ2) is 5.49. The molecule has 0 unspecified atom stereocenters. The Bertz CT molecular complexity index is 319. The Labute approximate surface area is 115 Å². The Morgan fingerprint density at radius 3 is 1.42 bits per heavy atom. The van der Waals surface area contributed by atoms with Crippen molar-refractivity contribution >= 4 is 11.8 Å². The Kier molecular flexibility index (Phi) is 4.61. The number of nitrogens with one attached hydrogen (secondary N) is 3. The fourth-order valence-corrected chi connectivity index (χ4v) is 1.75. The monoisotopic (exact) mass is 269 g/mol. The van der Waals surface area contributed by atoms with Gasteiger partial charge in [-0.1, -0.05) is 41.5 Å². The van der Waals surface area contributed by atoms with Crippen LogP contribution in [-0.4, -0.2) is 37.0 Å². The van der Waals surface area contributed by atoms with Gasteiger partial charge in [-0.05, 0) is 0 Å². The molecular weight excluding hydrogens is 242 g/mol. The van der Waals surface area contributed by atoms with Crippen LogP contribution in [0.15, 0.2) is 0 Å². The third-order valence-corrected chi connectivity index (χ3v) is 3.21.